The summed E-state index contributed by atoms with van der Waals surface area (Å²) < 4.78 is 2.29. The summed E-state index contributed by atoms with van der Waals surface area (Å²) in [6.07, 6.45) is -1.48. The summed E-state index contributed by atoms with van der Waals surface area (Å²) in [4.78, 5) is 59.5. The maximum absolute atomic E-state index is 12.0. The van der Waals surface area contributed by atoms with Crippen molar-refractivity contribution in [3.8, 4) is 0 Å². The average molecular weight is 497 g/mol. The van der Waals surface area contributed by atoms with Crippen LogP contribution in [0, 0.1) is 0 Å². The molecule has 30 heavy (non-hydrogen) atoms. The first kappa shape index (κ1) is 24.5. The molecule has 0 unspecified atom stereocenters. The Labute approximate surface area is 189 Å². The van der Waals surface area contributed by atoms with Crippen LogP contribution >= 0.6 is 45.5 Å². The third-order valence-corrected chi connectivity index (χ3v) is 7.75. The first-order chi connectivity index (χ1) is 14.2. The van der Waals surface area contributed by atoms with E-state index in [-0.39, 0.29) is 36.4 Å². The molecule has 0 saturated carbocycles. The lowest BCUT2D eigenvalue weighted by Gasteiger charge is -2.22. The second kappa shape index (κ2) is 11.6. The molecule has 0 aromatic carbocycles. The van der Waals surface area contributed by atoms with Gasteiger partial charge in [-0.25, -0.2) is 18.2 Å². The molecule has 2 saturated heterocycles. The Morgan fingerprint density at radius 3 is 1.57 bits per heavy atom. The van der Waals surface area contributed by atoms with Crippen LogP contribution in [0.5, 0.6) is 0 Å². The molecule has 2 rings (SSSR count). The Hall–Kier alpha value is -1.78. The molecule has 0 bridgehead atoms. The minimum absolute atomic E-state index is 0.0167. The first-order valence-electron chi connectivity index (χ1n) is 8.28. The zero-order valence-corrected chi connectivity index (χ0v) is 19.9. The molecular weight excluding hydrogens is 476 g/mol. The van der Waals surface area contributed by atoms with Gasteiger partial charge >= 0.3 is 12.2 Å². The number of carbonyl (C=O) groups is 4. The summed E-state index contributed by atoms with van der Waals surface area (Å²) >= 11 is 2.43. The largest absolute Gasteiger partial charge is 0.446 e. The zero-order valence-electron chi connectivity index (χ0n) is 16.6. The van der Waals surface area contributed by atoms with Gasteiger partial charge in [0.2, 0.25) is 11.8 Å². The number of thioether (sulfide) groups is 2. The second-order valence-electron chi connectivity index (χ2n) is 5.91. The molecule has 2 fully saturated rings. The molecule has 0 aliphatic carbocycles. The van der Waals surface area contributed by atoms with Crippen LogP contribution in [0.1, 0.15) is 0 Å². The highest BCUT2D eigenvalue weighted by Crippen LogP contribution is 2.28. The molecule has 4 amide bonds. The molecule has 2 aliphatic rings. The first-order valence-corrected chi connectivity index (χ1v) is 12.3. The SMILES string of the molecule is CN1CC(=NOC(=O)N(C)SSN(C)C(=O)ON=C2CN(C)C(=O)CS2)SCC1=O. The third-order valence-electron chi connectivity index (χ3n) is 3.54. The monoisotopic (exact) mass is 496 g/mol. The van der Waals surface area contributed by atoms with E-state index in [0.717, 1.165) is 30.6 Å². The summed E-state index contributed by atoms with van der Waals surface area (Å²) in [7, 11) is 8.04. The van der Waals surface area contributed by atoms with Crippen LogP contribution in [0.2, 0.25) is 0 Å². The molecule has 0 spiro atoms. The fourth-order valence-corrected chi connectivity index (χ4v) is 4.87. The van der Waals surface area contributed by atoms with E-state index in [1.165, 1.54) is 47.4 Å². The van der Waals surface area contributed by atoms with Gasteiger partial charge in [-0.05, 0) is 0 Å². The van der Waals surface area contributed by atoms with Crippen LogP contribution in [-0.2, 0) is 19.3 Å². The smallest absolute Gasteiger partial charge is 0.338 e. The maximum Gasteiger partial charge on any atom is 0.446 e. The van der Waals surface area contributed by atoms with Crippen LogP contribution in [0.15, 0.2) is 10.3 Å². The van der Waals surface area contributed by atoms with Crippen molar-refractivity contribution >= 4 is 79.6 Å². The predicted molar refractivity (Wildman–Crippen MR) is 119 cm³/mol. The lowest BCUT2D eigenvalue weighted by Crippen LogP contribution is -2.37. The minimum Gasteiger partial charge on any atom is -0.338 e. The van der Waals surface area contributed by atoms with E-state index >= 15 is 0 Å². The van der Waals surface area contributed by atoms with Gasteiger partial charge in [0.15, 0.2) is 0 Å². The van der Waals surface area contributed by atoms with Crippen molar-refractivity contribution < 1.29 is 28.9 Å². The van der Waals surface area contributed by atoms with E-state index < -0.39 is 12.2 Å². The van der Waals surface area contributed by atoms with Crippen molar-refractivity contribution in [2.75, 3.05) is 52.8 Å². The fraction of sp³-hybridized carbons (Fsp3) is 0.571. The molecule has 2 heterocycles. The van der Waals surface area contributed by atoms with E-state index in [1.807, 2.05) is 0 Å². The fourth-order valence-electron chi connectivity index (χ4n) is 1.75. The Kier molecular flexibility index (Phi) is 9.44. The highest BCUT2D eigenvalue weighted by atomic mass is 33.1. The van der Waals surface area contributed by atoms with Gasteiger partial charge in [0.1, 0.15) is 10.1 Å². The van der Waals surface area contributed by atoms with Crippen LogP contribution in [0.3, 0.4) is 0 Å². The van der Waals surface area contributed by atoms with Crippen LogP contribution in [0.25, 0.3) is 0 Å². The molecule has 0 aromatic heterocycles. The molecule has 16 heteroatoms. The number of oxime groups is 2. The van der Waals surface area contributed by atoms with Gasteiger partial charge in [-0.3, -0.25) is 19.3 Å². The number of carbonyl (C=O) groups excluding carboxylic acids is 4. The average Bonchev–Trinajstić information content (AvgIpc) is 2.72. The number of nitrogens with zero attached hydrogens (tertiary/aromatic N) is 6. The predicted octanol–water partition coefficient (Wildman–Crippen LogP) is 1.37. The summed E-state index contributed by atoms with van der Waals surface area (Å²) in [5.41, 5.74) is 0. The summed E-state index contributed by atoms with van der Waals surface area (Å²) in [5.74, 6) is 0.458. The molecule has 0 N–H and O–H groups in total. The molecule has 12 nitrogen and oxygen atoms in total. The molecular formula is C14H20N6O6S4. The van der Waals surface area contributed by atoms with E-state index in [9.17, 15) is 19.2 Å². The van der Waals surface area contributed by atoms with Crippen molar-refractivity contribution in [3.63, 3.8) is 0 Å². The van der Waals surface area contributed by atoms with E-state index in [2.05, 4.69) is 10.3 Å². The van der Waals surface area contributed by atoms with Crippen molar-refractivity contribution in [3.05, 3.63) is 0 Å². The highest BCUT2D eigenvalue weighted by Gasteiger charge is 2.23. The normalized spacial score (nSPS) is 19.9. The van der Waals surface area contributed by atoms with E-state index in [1.54, 1.807) is 14.1 Å². The molecule has 166 valence electrons. The van der Waals surface area contributed by atoms with Gasteiger partial charge in [0.25, 0.3) is 0 Å². The van der Waals surface area contributed by atoms with Crippen LogP contribution < -0.4 is 0 Å². The van der Waals surface area contributed by atoms with Gasteiger partial charge in [-0.2, -0.15) is 0 Å². The zero-order chi connectivity index (χ0) is 22.3. The minimum atomic E-state index is -0.742. The second-order valence-corrected chi connectivity index (χ2v) is 10.3. The molecule has 0 aromatic rings. The molecule has 0 radical (unpaired) electrons. The van der Waals surface area contributed by atoms with Gasteiger partial charge in [0.05, 0.1) is 24.6 Å². The number of hydrogen-bond acceptors (Lipinski definition) is 12. The Morgan fingerprint density at radius 2 is 1.23 bits per heavy atom. The number of rotatable bonds is 5. The van der Waals surface area contributed by atoms with Crippen molar-refractivity contribution in [2.24, 2.45) is 10.3 Å². The van der Waals surface area contributed by atoms with Gasteiger partial charge in [0, 0.05) is 50.2 Å². The Bertz CT molecular complexity index is 703. The number of hydrogen-bond donors (Lipinski definition) is 0. The lowest BCUT2D eigenvalue weighted by molar-refractivity contribution is -0.127. The maximum atomic E-state index is 12.0. The van der Waals surface area contributed by atoms with Crippen LogP contribution in [0.4, 0.5) is 9.59 Å². The van der Waals surface area contributed by atoms with Crippen LogP contribution in [-0.4, -0.2) is 105 Å². The Balaban J connectivity index is 1.72. The topological polar surface area (TPSA) is 124 Å². The van der Waals surface area contributed by atoms with Gasteiger partial charge in [-0.15, -0.1) is 0 Å². The Morgan fingerprint density at radius 1 is 0.867 bits per heavy atom. The lowest BCUT2D eigenvalue weighted by atomic mass is 10.5. The van der Waals surface area contributed by atoms with E-state index in [4.69, 9.17) is 9.68 Å². The summed E-state index contributed by atoms with van der Waals surface area (Å²) in [6.45, 7) is 0.559. The highest BCUT2D eigenvalue weighted by molar-refractivity contribution is 8.75. The van der Waals surface area contributed by atoms with Gasteiger partial charge < -0.3 is 9.80 Å². The quantitative estimate of drug-likeness (QED) is 0.238. The molecule has 2 aliphatic heterocycles. The summed E-state index contributed by atoms with van der Waals surface area (Å²) in [6, 6.07) is 0. The third kappa shape index (κ3) is 7.48. The van der Waals surface area contributed by atoms with Crippen molar-refractivity contribution in [2.45, 2.75) is 0 Å². The van der Waals surface area contributed by atoms with Gasteiger partial charge in [-0.1, -0.05) is 33.8 Å². The number of amides is 4. The standard InChI is InChI=1S/C14H20N6O6S4/c1-17-5-9(27-7-11(17)21)15-25-13(23)19(3)29-30-20(4)14(24)26-16-10-6-18(2)12(22)8-28-10/h5-8H2,1-4H3. The summed E-state index contributed by atoms with van der Waals surface area (Å²) in [5, 5.41) is 8.56. The van der Waals surface area contributed by atoms with Crippen molar-refractivity contribution in [1.82, 2.24) is 18.4 Å². The van der Waals surface area contributed by atoms with Crippen molar-refractivity contribution in [1.29, 1.82) is 0 Å². The van der Waals surface area contributed by atoms with E-state index in [0.29, 0.717) is 10.1 Å². The molecule has 0 atom stereocenters.